The highest BCUT2D eigenvalue weighted by Crippen LogP contribution is 2.43. The number of hydrogen-bond donors (Lipinski definition) is 2. The third-order valence-electron chi connectivity index (χ3n) is 10.9. The quantitative estimate of drug-likeness (QED) is 0.190. The number of aromatic nitrogens is 2. The monoisotopic (exact) mass is 800 g/mol. The Labute approximate surface area is 316 Å². The van der Waals surface area contributed by atoms with Crippen molar-refractivity contribution < 1.29 is 9.68 Å². The van der Waals surface area contributed by atoms with Gasteiger partial charge in [-0.3, -0.25) is 15.2 Å². The van der Waals surface area contributed by atoms with Crippen molar-refractivity contribution in [2.75, 3.05) is 39.3 Å². The van der Waals surface area contributed by atoms with E-state index >= 15 is 0 Å². The molecule has 4 bridgehead atoms. The lowest BCUT2D eigenvalue weighted by Crippen LogP contribution is -2.59. The van der Waals surface area contributed by atoms with Gasteiger partial charge in [0.25, 0.3) is 0 Å². The fourth-order valence-corrected chi connectivity index (χ4v) is 9.06. The first kappa shape index (κ1) is 35.6. The maximum Gasteiger partial charge on any atom is 0.160 e. The van der Waals surface area contributed by atoms with Gasteiger partial charge >= 0.3 is 0 Å². The molecule has 2 aromatic heterocycles. The number of amidine groups is 2. The second-order valence-corrected chi connectivity index (χ2v) is 15.7. The Bertz CT molecular complexity index is 1900. The van der Waals surface area contributed by atoms with Crippen LogP contribution in [0, 0.1) is 11.8 Å². The van der Waals surface area contributed by atoms with Gasteiger partial charge in [0.05, 0.1) is 6.42 Å². The van der Waals surface area contributed by atoms with Gasteiger partial charge in [-0.2, -0.15) is 0 Å². The third kappa shape index (κ3) is 7.42. The van der Waals surface area contributed by atoms with E-state index in [1.54, 1.807) is 0 Å². The summed E-state index contributed by atoms with van der Waals surface area (Å²) >= 11 is 15.2. The number of nitrogens with two attached hydrogens (primary N) is 1. The standard InChI is InChI=1S/C18H19ClN4O.C9H5BrClN.C9H15N3O.ClH/c19-15-2-1-12-10-20-16(8-13(12)7-15)21-17-9-18(24-22-17)11-23-5-3-14(18)4-6-23;10-9-4-7-3-8(11)2-1-6(7)5-12-9;10-8-5-9(13-11-8)6-12-3-1-7(9)2-4-12;/h1-2,7-8,10,14H,3-6,9,11H2,(H,20,21,22);1-5H;7H,1-6H2,(H2,10,11);1H/t18-;;9-;/m0.0./s1. The average Bonchev–Trinajstić information content (AvgIpc) is 3.67. The normalized spacial score (nSPS) is 31.0. The van der Waals surface area contributed by atoms with Crippen molar-refractivity contribution >= 4 is 90.6 Å². The van der Waals surface area contributed by atoms with E-state index in [1.807, 2.05) is 60.9 Å². The number of fused-ring (bicyclic) bond motifs is 6. The van der Waals surface area contributed by atoms with Gasteiger partial charge in [0, 0.05) is 58.6 Å². The molecule has 2 aromatic carbocycles. The van der Waals surface area contributed by atoms with Crippen LogP contribution in [0.5, 0.6) is 0 Å². The first-order chi connectivity index (χ1) is 23.7. The molecule has 8 aliphatic rings. The summed E-state index contributed by atoms with van der Waals surface area (Å²) in [7, 11) is 0. The Balaban J connectivity index is 0.000000128. The van der Waals surface area contributed by atoms with Crippen LogP contribution >= 0.6 is 51.5 Å². The summed E-state index contributed by atoms with van der Waals surface area (Å²) in [4.78, 5) is 29.8. The van der Waals surface area contributed by atoms with Crippen molar-refractivity contribution in [1.29, 1.82) is 0 Å². The van der Waals surface area contributed by atoms with E-state index in [0.717, 1.165) is 68.0 Å². The van der Waals surface area contributed by atoms with Crippen molar-refractivity contribution in [3.05, 3.63) is 75.6 Å². The highest BCUT2D eigenvalue weighted by atomic mass is 79.9. The number of nitrogens with one attached hydrogen (secondary N) is 1. The minimum absolute atomic E-state index is 0. The Morgan fingerprint density at radius 1 is 0.780 bits per heavy atom. The molecule has 7 saturated heterocycles. The van der Waals surface area contributed by atoms with Crippen molar-refractivity contribution in [2.45, 2.75) is 49.7 Å². The number of benzene rings is 2. The molecule has 2 atom stereocenters. The molecule has 10 heterocycles. The van der Waals surface area contributed by atoms with Gasteiger partial charge in [0.1, 0.15) is 21.9 Å². The van der Waals surface area contributed by atoms with Crippen LogP contribution < -0.4 is 11.2 Å². The summed E-state index contributed by atoms with van der Waals surface area (Å²) in [5.41, 5.74) is 8.60. The van der Waals surface area contributed by atoms with Gasteiger partial charge in [-0.15, -0.1) is 12.4 Å². The predicted octanol–water partition coefficient (Wildman–Crippen LogP) is 7.52. The SMILES string of the molecule is Cl.Clc1ccc2cnc(Br)cc2c1.Clc1ccc2cnc(N=C3C[C@@]4(CN5CCC4CC5)ON3)cc2c1.NC1=NO[C@@]2(C1)CN1CCC2CC1. The molecule has 10 nitrogen and oxygen atoms in total. The lowest BCUT2D eigenvalue weighted by molar-refractivity contribution is -0.150. The smallest absolute Gasteiger partial charge is 0.160 e. The van der Waals surface area contributed by atoms with E-state index in [0.29, 0.717) is 23.5 Å². The van der Waals surface area contributed by atoms with E-state index in [4.69, 9.17) is 38.6 Å². The zero-order chi connectivity index (χ0) is 33.6. The predicted molar refractivity (Wildman–Crippen MR) is 206 cm³/mol. The van der Waals surface area contributed by atoms with Crippen molar-refractivity contribution in [2.24, 2.45) is 27.7 Å². The topological polar surface area (TPSA) is 113 Å². The fraction of sp³-hybridized carbons (Fsp3) is 0.444. The van der Waals surface area contributed by atoms with Crippen LogP contribution in [0.25, 0.3) is 21.5 Å². The number of aliphatic imine (C=N–C) groups is 1. The molecule has 264 valence electrons. The molecule has 7 fully saturated rings. The Hall–Kier alpha value is -2.77. The fourth-order valence-electron chi connectivity index (χ4n) is 8.35. The highest BCUT2D eigenvalue weighted by Gasteiger charge is 2.53. The Morgan fingerprint density at radius 2 is 1.36 bits per heavy atom. The van der Waals surface area contributed by atoms with Crippen LogP contribution in [0.4, 0.5) is 5.82 Å². The van der Waals surface area contributed by atoms with Crippen LogP contribution in [0.15, 0.2) is 75.7 Å². The molecule has 14 heteroatoms. The van der Waals surface area contributed by atoms with E-state index in [-0.39, 0.29) is 23.6 Å². The van der Waals surface area contributed by atoms with E-state index in [1.165, 1.54) is 51.9 Å². The number of halogens is 4. The lowest BCUT2D eigenvalue weighted by atomic mass is 9.74. The maximum atomic E-state index is 6.08. The number of rotatable bonds is 1. The summed E-state index contributed by atoms with van der Waals surface area (Å²) in [5.74, 6) is 3.55. The zero-order valence-electron chi connectivity index (χ0n) is 27.5. The minimum atomic E-state index is -0.102. The molecule has 0 saturated carbocycles. The van der Waals surface area contributed by atoms with Gasteiger partial charge in [0.2, 0.25) is 0 Å². The molecule has 0 aliphatic carbocycles. The van der Waals surface area contributed by atoms with Gasteiger partial charge in [-0.25, -0.2) is 15.0 Å². The zero-order valence-corrected chi connectivity index (χ0v) is 31.4. The van der Waals surface area contributed by atoms with Crippen LogP contribution in [-0.2, 0) is 9.68 Å². The van der Waals surface area contributed by atoms with E-state index < -0.39 is 0 Å². The van der Waals surface area contributed by atoms with Crippen LogP contribution in [0.2, 0.25) is 10.0 Å². The molecule has 0 radical (unpaired) electrons. The second kappa shape index (κ2) is 14.7. The van der Waals surface area contributed by atoms with Crippen LogP contribution in [0.3, 0.4) is 0 Å². The number of oxime groups is 1. The molecular formula is C36H40BrCl3N8O2. The molecule has 0 amide bonds. The van der Waals surface area contributed by atoms with Crippen LogP contribution in [0.1, 0.15) is 38.5 Å². The maximum absolute atomic E-state index is 6.08. The van der Waals surface area contributed by atoms with Crippen LogP contribution in [-0.4, -0.2) is 81.9 Å². The lowest BCUT2D eigenvalue weighted by Gasteiger charge is -2.49. The molecule has 12 rings (SSSR count). The number of hydroxylamine groups is 1. The molecule has 8 aliphatic heterocycles. The average molecular weight is 803 g/mol. The minimum Gasteiger partial charge on any atom is -0.386 e. The molecular weight excluding hydrogens is 763 g/mol. The Morgan fingerprint density at radius 3 is 1.92 bits per heavy atom. The second-order valence-electron chi connectivity index (χ2n) is 14.1. The molecule has 3 N–H and O–H groups in total. The van der Waals surface area contributed by atoms with Gasteiger partial charge in [-0.05, 0) is 121 Å². The molecule has 2 spiro atoms. The third-order valence-corrected chi connectivity index (χ3v) is 11.8. The first-order valence-electron chi connectivity index (χ1n) is 17.0. The highest BCUT2D eigenvalue weighted by molar-refractivity contribution is 9.10. The first-order valence-corrected chi connectivity index (χ1v) is 18.5. The number of hydrogen-bond acceptors (Lipinski definition) is 9. The van der Waals surface area contributed by atoms with Crippen molar-refractivity contribution in [3.8, 4) is 0 Å². The molecule has 50 heavy (non-hydrogen) atoms. The summed E-state index contributed by atoms with van der Waals surface area (Å²) in [6.45, 7) is 6.90. The van der Waals surface area contributed by atoms with E-state index in [2.05, 4.69) is 51.3 Å². The number of nitrogens with zero attached hydrogens (tertiary/aromatic N) is 6. The summed E-state index contributed by atoms with van der Waals surface area (Å²) in [6, 6.07) is 15.4. The molecule has 4 aromatic rings. The largest absolute Gasteiger partial charge is 0.386 e. The summed E-state index contributed by atoms with van der Waals surface area (Å²) in [6.07, 6.45) is 10.3. The van der Waals surface area contributed by atoms with Crippen molar-refractivity contribution in [1.82, 2.24) is 25.2 Å². The number of piperidine rings is 6. The summed E-state index contributed by atoms with van der Waals surface area (Å²) in [5, 5.41) is 9.69. The Kier molecular flexibility index (Phi) is 10.5. The number of pyridine rings is 2. The van der Waals surface area contributed by atoms with Crippen molar-refractivity contribution in [3.63, 3.8) is 0 Å². The van der Waals surface area contributed by atoms with Gasteiger partial charge < -0.3 is 15.5 Å². The summed E-state index contributed by atoms with van der Waals surface area (Å²) < 4.78 is 0.831. The van der Waals surface area contributed by atoms with Gasteiger partial charge in [-0.1, -0.05) is 40.5 Å². The van der Waals surface area contributed by atoms with Gasteiger partial charge in [0.15, 0.2) is 11.4 Å². The molecule has 0 unspecified atom stereocenters. The van der Waals surface area contributed by atoms with E-state index in [9.17, 15) is 0 Å².